The van der Waals surface area contributed by atoms with Gasteiger partial charge in [-0.05, 0) is 23.6 Å². The minimum Gasteiger partial charge on any atom is -0.168 e. The predicted octanol–water partition coefficient (Wildman–Crippen LogP) is 5.03. The maximum absolute atomic E-state index is 12.2. The molecule has 0 aliphatic rings. The van der Waals surface area contributed by atoms with Crippen molar-refractivity contribution in [3.05, 3.63) is 29.8 Å². The second-order valence-electron chi connectivity index (χ2n) is 3.70. The van der Waals surface area contributed by atoms with Crippen molar-refractivity contribution in [2.24, 2.45) is 0 Å². The largest absolute Gasteiger partial charge is 0.414 e. The van der Waals surface area contributed by atoms with E-state index >= 15 is 0 Å². The molecule has 0 radical (unpaired) electrons. The van der Waals surface area contributed by atoms with Crippen LogP contribution in [0, 0.1) is 0 Å². The summed E-state index contributed by atoms with van der Waals surface area (Å²) < 4.78 is 34.7. The lowest BCUT2D eigenvalue weighted by Crippen LogP contribution is -2.19. The van der Waals surface area contributed by atoms with E-state index in [1.807, 2.05) is 26.0 Å². The van der Waals surface area contributed by atoms with E-state index in [-0.39, 0.29) is 0 Å². The molecule has 5 heteroatoms. The SMILES string of the molecule is CC(C)c1ccc(SC(Cl)C(F)(F)F)cc1. The Morgan fingerprint density at radius 3 is 2.00 bits per heavy atom. The molecule has 1 aromatic carbocycles. The van der Waals surface area contributed by atoms with Gasteiger partial charge in [-0.1, -0.05) is 37.7 Å². The highest BCUT2D eigenvalue weighted by molar-refractivity contribution is 8.01. The Morgan fingerprint density at radius 1 is 1.12 bits per heavy atom. The molecule has 0 aliphatic heterocycles. The zero-order valence-corrected chi connectivity index (χ0v) is 10.5. The summed E-state index contributed by atoms with van der Waals surface area (Å²) in [7, 11) is 0. The molecule has 0 amide bonds. The van der Waals surface area contributed by atoms with Crippen LogP contribution in [-0.4, -0.2) is 10.9 Å². The molecule has 0 aromatic heterocycles. The van der Waals surface area contributed by atoms with Crippen molar-refractivity contribution in [2.45, 2.75) is 35.5 Å². The molecule has 0 bridgehead atoms. The third kappa shape index (κ3) is 3.91. The number of benzene rings is 1. The highest BCUT2D eigenvalue weighted by Gasteiger charge is 2.38. The second-order valence-corrected chi connectivity index (χ2v) is 5.57. The summed E-state index contributed by atoms with van der Waals surface area (Å²) in [6.45, 7) is 4.06. The van der Waals surface area contributed by atoms with Crippen molar-refractivity contribution >= 4 is 23.4 Å². The van der Waals surface area contributed by atoms with Crippen LogP contribution < -0.4 is 0 Å². The normalized spacial score (nSPS) is 14.2. The monoisotopic (exact) mass is 268 g/mol. The third-order valence-electron chi connectivity index (χ3n) is 2.04. The van der Waals surface area contributed by atoms with Crippen molar-refractivity contribution < 1.29 is 13.2 Å². The van der Waals surface area contributed by atoms with Crippen LogP contribution in [0.15, 0.2) is 29.2 Å². The highest BCUT2D eigenvalue weighted by Crippen LogP contribution is 2.37. The number of thioether (sulfide) groups is 1. The molecule has 0 spiro atoms. The maximum atomic E-state index is 12.2. The highest BCUT2D eigenvalue weighted by atomic mass is 35.5. The maximum Gasteiger partial charge on any atom is 0.414 e. The van der Waals surface area contributed by atoms with E-state index < -0.39 is 10.9 Å². The average Bonchev–Trinajstić information content (AvgIpc) is 2.17. The Bertz CT molecular complexity index is 332. The van der Waals surface area contributed by atoms with Crippen LogP contribution in [0.5, 0.6) is 0 Å². The molecule has 0 heterocycles. The number of hydrogen-bond acceptors (Lipinski definition) is 1. The van der Waals surface area contributed by atoms with E-state index in [4.69, 9.17) is 11.6 Å². The number of hydrogen-bond donors (Lipinski definition) is 0. The van der Waals surface area contributed by atoms with Gasteiger partial charge in [0.15, 0.2) is 4.71 Å². The molecule has 90 valence electrons. The van der Waals surface area contributed by atoms with E-state index in [0.29, 0.717) is 22.6 Å². The van der Waals surface area contributed by atoms with Crippen LogP contribution >= 0.6 is 23.4 Å². The van der Waals surface area contributed by atoms with Gasteiger partial charge in [-0.15, -0.1) is 11.6 Å². The molecule has 0 aliphatic carbocycles. The summed E-state index contributed by atoms with van der Waals surface area (Å²) in [6.07, 6.45) is -4.37. The molecule has 1 rings (SSSR count). The molecule has 0 nitrogen and oxygen atoms in total. The average molecular weight is 269 g/mol. The summed E-state index contributed by atoms with van der Waals surface area (Å²) >= 11 is 5.84. The molecule has 16 heavy (non-hydrogen) atoms. The van der Waals surface area contributed by atoms with Gasteiger partial charge in [0.2, 0.25) is 0 Å². The summed E-state index contributed by atoms with van der Waals surface area (Å²) in [5, 5.41) is 0. The summed E-state index contributed by atoms with van der Waals surface area (Å²) in [5.74, 6) is 0.369. The number of alkyl halides is 4. The summed E-state index contributed by atoms with van der Waals surface area (Å²) in [6, 6.07) is 6.99. The molecule has 1 aromatic rings. The summed E-state index contributed by atoms with van der Waals surface area (Å²) in [4.78, 5) is 0.529. The van der Waals surface area contributed by atoms with Crippen LogP contribution in [0.4, 0.5) is 13.2 Å². The lowest BCUT2D eigenvalue weighted by molar-refractivity contribution is -0.113. The van der Waals surface area contributed by atoms with Crippen LogP contribution in [0.3, 0.4) is 0 Å². The fourth-order valence-corrected chi connectivity index (χ4v) is 2.09. The molecular weight excluding hydrogens is 257 g/mol. The predicted molar refractivity (Wildman–Crippen MR) is 62.1 cm³/mol. The smallest absolute Gasteiger partial charge is 0.168 e. The topological polar surface area (TPSA) is 0 Å². The van der Waals surface area contributed by atoms with Crippen molar-refractivity contribution in [3.8, 4) is 0 Å². The van der Waals surface area contributed by atoms with Crippen molar-refractivity contribution in [1.29, 1.82) is 0 Å². The first kappa shape index (κ1) is 13.7. The van der Waals surface area contributed by atoms with Gasteiger partial charge in [0, 0.05) is 4.90 Å². The van der Waals surface area contributed by atoms with Crippen molar-refractivity contribution in [2.75, 3.05) is 0 Å². The van der Waals surface area contributed by atoms with Gasteiger partial charge in [0.25, 0.3) is 0 Å². The van der Waals surface area contributed by atoms with Crippen LogP contribution in [0.2, 0.25) is 0 Å². The molecule has 0 saturated heterocycles. The minimum absolute atomic E-state index is 0.369. The minimum atomic E-state index is -4.37. The Labute approximate surface area is 102 Å². The molecule has 0 N–H and O–H groups in total. The zero-order valence-electron chi connectivity index (χ0n) is 8.88. The van der Waals surface area contributed by atoms with Crippen molar-refractivity contribution in [3.63, 3.8) is 0 Å². The fraction of sp³-hybridized carbons (Fsp3) is 0.455. The van der Waals surface area contributed by atoms with Crippen LogP contribution in [0.1, 0.15) is 25.3 Å². The van der Waals surface area contributed by atoms with E-state index in [9.17, 15) is 13.2 Å². The van der Waals surface area contributed by atoms with Gasteiger partial charge in [-0.25, -0.2) is 0 Å². The first-order valence-corrected chi connectivity index (χ1v) is 6.09. The van der Waals surface area contributed by atoms with Gasteiger partial charge < -0.3 is 0 Å². The van der Waals surface area contributed by atoms with Crippen molar-refractivity contribution in [1.82, 2.24) is 0 Å². The fourth-order valence-electron chi connectivity index (χ4n) is 1.12. The Hall–Kier alpha value is -0.350. The van der Waals surface area contributed by atoms with E-state index in [1.165, 1.54) is 0 Å². The Balaban J connectivity index is 2.69. The first-order chi connectivity index (χ1) is 7.30. The lowest BCUT2D eigenvalue weighted by atomic mass is 10.0. The molecule has 1 unspecified atom stereocenters. The van der Waals surface area contributed by atoms with E-state index in [1.54, 1.807) is 12.1 Å². The van der Waals surface area contributed by atoms with Gasteiger partial charge >= 0.3 is 6.18 Å². The van der Waals surface area contributed by atoms with Gasteiger partial charge in [0.1, 0.15) is 0 Å². The number of halogens is 4. The molecule has 1 atom stereocenters. The standard InChI is InChI=1S/C11H12ClF3S/c1-7(2)8-3-5-9(6-4-8)16-10(12)11(13,14)15/h3-7,10H,1-2H3. The van der Waals surface area contributed by atoms with E-state index in [2.05, 4.69) is 0 Å². The quantitative estimate of drug-likeness (QED) is 0.547. The van der Waals surface area contributed by atoms with Gasteiger partial charge in [-0.2, -0.15) is 13.2 Å². The van der Waals surface area contributed by atoms with Gasteiger partial charge in [0.05, 0.1) is 0 Å². The third-order valence-corrected chi connectivity index (χ3v) is 3.58. The number of rotatable bonds is 3. The first-order valence-electron chi connectivity index (χ1n) is 4.78. The zero-order chi connectivity index (χ0) is 12.3. The van der Waals surface area contributed by atoms with Crippen LogP contribution in [-0.2, 0) is 0 Å². The Morgan fingerprint density at radius 2 is 1.62 bits per heavy atom. The Kier molecular flexibility index (Phi) is 4.56. The summed E-state index contributed by atoms with van der Waals surface area (Å²) in [5.41, 5.74) is 1.10. The van der Waals surface area contributed by atoms with Crippen LogP contribution in [0.25, 0.3) is 0 Å². The second kappa shape index (κ2) is 5.32. The van der Waals surface area contributed by atoms with E-state index in [0.717, 1.165) is 5.56 Å². The molecular formula is C11H12ClF3S. The lowest BCUT2D eigenvalue weighted by Gasteiger charge is -2.13. The molecule has 0 fully saturated rings. The van der Waals surface area contributed by atoms with Gasteiger partial charge in [-0.3, -0.25) is 0 Å². The molecule has 0 saturated carbocycles.